The van der Waals surface area contributed by atoms with Crippen LogP contribution in [-0.2, 0) is 21.2 Å². The van der Waals surface area contributed by atoms with Gasteiger partial charge in [-0.25, -0.2) is 23.4 Å². The standard InChI is InChI=1S/C23H20ClN5O4S/c1-3-34(32,33)29-19(31)12-16-11-17(30)22-23(26-16)28-20(14-7-5-4-6-8-14)21(27-22)15-9-13(2)25-18(24)10-15/h4-11H,3,12H2,1-2H3,(H,29,31)(H,26,28,30). The van der Waals surface area contributed by atoms with Gasteiger partial charge in [0.15, 0.2) is 11.2 Å². The van der Waals surface area contributed by atoms with Crippen LogP contribution < -0.4 is 10.2 Å². The molecule has 3 heterocycles. The maximum atomic E-state index is 12.9. The van der Waals surface area contributed by atoms with Gasteiger partial charge in [-0.05, 0) is 26.0 Å². The quantitative estimate of drug-likeness (QED) is 0.391. The summed E-state index contributed by atoms with van der Waals surface area (Å²) in [5.74, 6) is -0.994. The number of halogens is 1. The summed E-state index contributed by atoms with van der Waals surface area (Å²) < 4.78 is 25.3. The van der Waals surface area contributed by atoms with E-state index in [0.717, 1.165) is 5.56 Å². The zero-order valence-electron chi connectivity index (χ0n) is 18.3. The van der Waals surface area contributed by atoms with Gasteiger partial charge in [0.2, 0.25) is 21.4 Å². The van der Waals surface area contributed by atoms with Crippen molar-refractivity contribution in [3.05, 3.63) is 75.3 Å². The number of carbonyl (C=O) groups excluding carboxylic acids is 1. The van der Waals surface area contributed by atoms with Crippen LogP contribution in [0, 0.1) is 6.92 Å². The van der Waals surface area contributed by atoms with Gasteiger partial charge in [0.1, 0.15) is 5.15 Å². The lowest BCUT2D eigenvalue weighted by Crippen LogP contribution is -2.33. The highest BCUT2D eigenvalue weighted by Gasteiger charge is 2.18. The number of pyridine rings is 2. The number of benzene rings is 1. The first-order valence-corrected chi connectivity index (χ1v) is 12.4. The summed E-state index contributed by atoms with van der Waals surface area (Å²) in [5.41, 5.74) is 3.05. The van der Waals surface area contributed by atoms with E-state index in [0.29, 0.717) is 22.6 Å². The highest BCUT2D eigenvalue weighted by Crippen LogP contribution is 2.31. The number of amides is 1. The van der Waals surface area contributed by atoms with Gasteiger partial charge in [0.05, 0.1) is 23.6 Å². The minimum atomic E-state index is -3.71. The van der Waals surface area contributed by atoms with Gasteiger partial charge in [-0.3, -0.25) is 14.3 Å². The molecule has 11 heteroatoms. The molecular weight excluding hydrogens is 478 g/mol. The normalized spacial score (nSPS) is 11.5. The second kappa shape index (κ2) is 9.32. The third-order valence-corrected chi connectivity index (χ3v) is 6.45. The molecule has 0 saturated carbocycles. The van der Waals surface area contributed by atoms with Crippen LogP contribution in [0.4, 0.5) is 0 Å². The number of hydrogen-bond acceptors (Lipinski definition) is 7. The average molecular weight is 498 g/mol. The lowest BCUT2D eigenvalue weighted by atomic mass is 10.0. The molecule has 2 N–H and O–H groups in total. The Labute approximate surface area is 200 Å². The van der Waals surface area contributed by atoms with Crippen molar-refractivity contribution in [2.24, 2.45) is 0 Å². The maximum absolute atomic E-state index is 12.9. The molecule has 34 heavy (non-hydrogen) atoms. The van der Waals surface area contributed by atoms with E-state index in [1.807, 2.05) is 35.1 Å². The van der Waals surface area contributed by atoms with Crippen LogP contribution in [0.2, 0.25) is 5.15 Å². The van der Waals surface area contributed by atoms with E-state index in [2.05, 4.69) is 19.9 Å². The van der Waals surface area contributed by atoms with Crippen LogP contribution in [-0.4, -0.2) is 40.0 Å². The molecule has 0 bridgehead atoms. The van der Waals surface area contributed by atoms with E-state index in [1.54, 1.807) is 19.1 Å². The number of aromatic amines is 1. The summed E-state index contributed by atoms with van der Waals surface area (Å²) in [6.45, 7) is 3.22. The minimum Gasteiger partial charge on any atom is -0.341 e. The number of nitrogens with zero attached hydrogens (tertiary/aromatic N) is 3. The van der Waals surface area contributed by atoms with Gasteiger partial charge in [-0.2, -0.15) is 0 Å². The van der Waals surface area contributed by atoms with E-state index in [1.165, 1.54) is 13.0 Å². The Morgan fingerprint density at radius 3 is 2.41 bits per heavy atom. The highest BCUT2D eigenvalue weighted by atomic mass is 35.5. The number of hydrogen-bond donors (Lipinski definition) is 2. The molecule has 4 aromatic rings. The third kappa shape index (κ3) is 5.13. The second-order valence-corrected chi connectivity index (χ2v) is 9.97. The Hall–Kier alpha value is -3.63. The Kier molecular flexibility index (Phi) is 6.45. The fourth-order valence-corrected chi connectivity index (χ4v) is 4.24. The van der Waals surface area contributed by atoms with Crippen molar-refractivity contribution in [1.82, 2.24) is 24.7 Å². The van der Waals surface area contributed by atoms with Crippen LogP contribution in [0.5, 0.6) is 0 Å². The van der Waals surface area contributed by atoms with Crippen LogP contribution in [0.15, 0.2) is 53.3 Å². The van der Waals surface area contributed by atoms with Crippen LogP contribution in [0.25, 0.3) is 33.7 Å². The van der Waals surface area contributed by atoms with Crippen molar-refractivity contribution in [1.29, 1.82) is 0 Å². The maximum Gasteiger partial charge on any atom is 0.239 e. The van der Waals surface area contributed by atoms with Crippen molar-refractivity contribution < 1.29 is 13.2 Å². The van der Waals surface area contributed by atoms with E-state index >= 15 is 0 Å². The Balaban J connectivity index is 1.87. The topological polar surface area (TPSA) is 135 Å². The van der Waals surface area contributed by atoms with Gasteiger partial charge in [-0.15, -0.1) is 0 Å². The first-order chi connectivity index (χ1) is 16.1. The predicted octanol–water partition coefficient (Wildman–Crippen LogP) is 3.02. The number of carbonyl (C=O) groups is 1. The van der Waals surface area contributed by atoms with Crippen molar-refractivity contribution in [2.75, 3.05) is 5.75 Å². The monoisotopic (exact) mass is 497 g/mol. The van der Waals surface area contributed by atoms with Gasteiger partial charge >= 0.3 is 0 Å². The number of rotatable bonds is 6. The summed E-state index contributed by atoms with van der Waals surface area (Å²) >= 11 is 6.17. The van der Waals surface area contributed by atoms with Gasteiger partial charge in [0, 0.05) is 28.6 Å². The SMILES string of the molecule is CCS(=O)(=O)NC(=O)Cc1cc(=O)c2nc(-c3cc(C)nc(Cl)c3)c(-c3ccccc3)nc2[nH]1. The Morgan fingerprint density at radius 2 is 1.74 bits per heavy atom. The molecule has 0 spiro atoms. The van der Waals surface area contributed by atoms with Gasteiger partial charge in [0.25, 0.3) is 0 Å². The van der Waals surface area contributed by atoms with E-state index in [9.17, 15) is 18.0 Å². The molecule has 0 aliphatic carbocycles. The first kappa shape index (κ1) is 23.5. The molecular formula is C23H20ClN5O4S. The molecule has 1 aromatic carbocycles. The minimum absolute atomic E-state index is 0.0746. The Bertz CT molecular complexity index is 1550. The summed E-state index contributed by atoms with van der Waals surface area (Å²) in [4.78, 5) is 41.4. The summed E-state index contributed by atoms with van der Waals surface area (Å²) in [7, 11) is -3.71. The van der Waals surface area contributed by atoms with Crippen LogP contribution >= 0.6 is 11.6 Å². The van der Waals surface area contributed by atoms with E-state index < -0.39 is 21.4 Å². The Morgan fingerprint density at radius 1 is 1.03 bits per heavy atom. The first-order valence-electron chi connectivity index (χ1n) is 10.3. The average Bonchev–Trinajstić information content (AvgIpc) is 2.78. The molecule has 1 amide bonds. The van der Waals surface area contributed by atoms with Gasteiger partial charge in [-0.1, -0.05) is 41.9 Å². The van der Waals surface area contributed by atoms with Crippen molar-refractivity contribution in [2.45, 2.75) is 20.3 Å². The second-order valence-electron chi connectivity index (χ2n) is 7.57. The molecule has 0 unspecified atom stereocenters. The number of aromatic nitrogens is 4. The number of sulfonamides is 1. The molecule has 0 atom stereocenters. The molecule has 0 aliphatic heterocycles. The summed E-state index contributed by atoms with van der Waals surface area (Å²) in [6.07, 6.45) is -0.340. The lowest BCUT2D eigenvalue weighted by molar-refractivity contribution is -0.118. The van der Waals surface area contributed by atoms with Gasteiger partial charge < -0.3 is 4.98 Å². The number of fused-ring (bicyclic) bond motifs is 1. The van der Waals surface area contributed by atoms with Crippen LogP contribution in [0.3, 0.4) is 0 Å². The third-order valence-electron chi connectivity index (χ3n) is 4.96. The lowest BCUT2D eigenvalue weighted by Gasteiger charge is -2.12. The molecule has 0 aliphatic rings. The molecule has 4 rings (SSSR count). The smallest absolute Gasteiger partial charge is 0.239 e. The zero-order valence-corrected chi connectivity index (χ0v) is 19.9. The summed E-state index contributed by atoms with van der Waals surface area (Å²) in [6, 6.07) is 14.0. The highest BCUT2D eigenvalue weighted by molar-refractivity contribution is 7.90. The van der Waals surface area contributed by atoms with E-state index in [-0.39, 0.29) is 34.2 Å². The molecule has 174 valence electrons. The fraction of sp³-hybridized carbons (Fsp3) is 0.174. The predicted molar refractivity (Wildman–Crippen MR) is 130 cm³/mol. The van der Waals surface area contributed by atoms with Crippen molar-refractivity contribution in [3.63, 3.8) is 0 Å². The zero-order chi connectivity index (χ0) is 24.5. The summed E-state index contributed by atoms with van der Waals surface area (Å²) in [5, 5.41) is 0.285. The van der Waals surface area contributed by atoms with Crippen molar-refractivity contribution >= 4 is 38.7 Å². The molecule has 9 nitrogen and oxygen atoms in total. The molecule has 0 radical (unpaired) electrons. The van der Waals surface area contributed by atoms with Crippen molar-refractivity contribution in [3.8, 4) is 22.5 Å². The number of nitrogens with one attached hydrogen (secondary N) is 2. The number of aryl methyl sites for hydroxylation is 1. The largest absolute Gasteiger partial charge is 0.341 e. The van der Waals surface area contributed by atoms with Crippen LogP contribution in [0.1, 0.15) is 18.3 Å². The molecule has 0 saturated heterocycles. The molecule has 0 fully saturated rings. The number of H-pyrrole nitrogens is 1. The van der Waals surface area contributed by atoms with E-state index in [4.69, 9.17) is 11.6 Å². The fourth-order valence-electron chi connectivity index (χ4n) is 3.42. The molecule has 3 aromatic heterocycles.